The molecule has 1 aromatic rings. The molecule has 8 atom stereocenters. The number of carbonyl (C=O) groups excluding carboxylic acids is 5. The highest BCUT2D eigenvalue weighted by Crippen LogP contribution is 2.14. The molecule has 0 aliphatic carbocycles. The summed E-state index contributed by atoms with van der Waals surface area (Å²) in [4.78, 5) is 77.0. The number of hydrogen-bond donors (Lipinski definition) is 11. The average Bonchev–Trinajstić information content (AvgIpc) is 3.06. The molecule has 0 aliphatic rings. The van der Waals surface area contributed by atoms with Gasteiger partial charge in [-0.15, -0.1) is 0 Å². The molecule has 1 rings (SSSR count). The third-order valence-corrected chi connectivity index (χ3v) is 6.89. The van der Waals surface area contributed by atoms with Gasteiger partial charge < -0.3 is 69.7 Å². The fraction of sp³-hybridized carbons (Fsp3) is 0.567. The van der Waals surface area contributed by atoms with Crippen molar-refractivity contribution in [3.05, 3.63) is 29.8 Å². The molecule has 1 amide bonds. The van der Waals surface area contributed by atoms with Gasteiger partial charge in [-0.3, -0.25) is 19.2 Å². The molecular weight excluding hydrogens is 698 g/mol. The first-order valence-electron chi connectivity index (χ1n) is 15.3. The summed E-state index contributed by atoms with van der Waals surface area (Å²) < 4.78 is 14.4. The Morgan fingerprint density at radius 2 is 1.20 bits per heavy atom. The summed E-state index contributed by atoms with van der Waals surface area (Å²) in [5.41, 5.74) is 37.9. The lowest BCUT2D eigenvalue weighted by atomic mass is 10.1. The van der Waals surface area contributed by atoms with Gasteiger partial charge in [0.05, 0.1) is 6.10 Å². The highest BCUT2D eigenvalue weighted by atomic mass is 32.1. The number of aliphatic carboxylic acids is 2. The Kier molecular flexibility index (Phi) is 23.8. The number of carboxylic acids is 2. The van der Waals surface area contributed by atoms with Crippen molar-refractivity contribution in [1.82, 2.24) is 0 Å². The van der Waals surface area contributed by atoms with E-state index in [1.807, 2.05) is 0 Å². The van der Waals surface area contributed by atoms with Gasteiger partial charge in [-0.25, -0.2) is 14.4 Å². The maximum absolute atomic E-state index is 11.7. The molecule has 20 nitrogen and oxygen atoms in total. The first-order valence-corrected chi connectivity index (χ1v) is 15.9. The predicted molar refractivity (Wildman–Crippen MR) is 184 cm³/mol. The van der Waals surface area contributed by atoms with Gasteiger partial charge in [0.25, 0.3) is 0 Å². The normalized spacial score (nSPS) is 15.3. The Morgan fingerprint density at radius 3 is 1.61 bits per heavy atom. The van der Waals surface area contributed by atoms with Crippen LogP contribution in [0.5, 0.6) is 5.75 Å². The number of amides is 1. The minimum Gasteiger partial charge on any atom is -0.480 e. The van der Waals surface area contributed by atoms with E-state index in [4.69, 9.17) is 59.8 Å². The second kappa shape index (κ2) is 24.8. The zero-order valence-electron chi connectivity index (χ0n) is 28.7. The van der Waals surface area contributed by atoms with Crippen LogP contribution in [0.3, 0.4) is 0 Å². The Morgan fingerprint density at radius 1 is 0.706 bits per heavy atom. The standard InChI is InChI=1S/C13H25N3O6.C12H16N2O4S.C5H10N2O3/c1-5(2)8(14)11(18)22-13(20)10(16)7(4)21-12(19)9(15)6(3)17;13-9(11(15)16)5-7-1-3-8(4-2-7)18-12(17)10(14)6-19;6-3(5(9)10)1-2-4(7)8/h5-10,17H,14-16H2,1-4H3;1-4,9-10,19H,5-6,13-14H2,(H,15,16);3H,1-2,6H2,(H2,7,8)(H,9,10)/t6-,7-,8+,9+,10+;9-,10-;3-/m100/s1. The Hall–Kier alpha value is -4.22. The van der Waals surface area contributed by atoms with Crippen LogP contribution in [0, 0.1) is 5.92 Å². The molecule has 0 fully saturated rings. The van der Waals surface area contributed by atoms with E-state index >= 15 is 0 Å². The third-order valence-electron chi connectivity index (χ3n) is 6.50. The molecule has 17 N–H and O–H groups in total. The summed E-state index contributed by atoms with van der Waals surface area (Å²) in [6.07, 6.45) is -1.88. The van der Waals surface area contributed by atoms with Crippen molar-refractivity contribution in [2.75, 3.05) is 5.75 Å². The fourth-order valence-electron chi connectivity index (χ4n) is 2.95. The Bertz CT molecular complexity index is 1300. The van der Waals surface area contributed by atoms with Crippen LogP contribution in [0.25, 0.3) is 0 Å². The number of nitrogens with two attached hydrogens (primary N) is 7. The van der Waals surface area contributed by atoms with Crippen LogP contribution in [-0.2, 0) is 49.5 Å². The molecule has 0 aromatic heterocycles. The van der Waals surface area contributed by atoms with Gasteiger partial charge in [0.1, 0.15) is 48.1 Å². The van der Waals surface area contributed by atoms with Crippen LogP contribution in [0.15, 0.2) is 24.3 Å². The van der Waals surface area contributed by atoms with E-state index in [9.17, 15) is 38.7 Å². The number of rotatable bonds is 17. The Labute approximate surface area is 300 Å². The summed E-state index contributed by atoms with van der Waals surface area (Å²) >= 11 is 3.90. The molecule has 0 heterocycles. The molecule has 0 bridgehead atoms. The minimum absolute atomic E-state index is 0.0213. The number of benzene rings is 1. The summed E-state index contributed by atoms with van der Waals surface area (Å²) in [6, 6.07) is 0.116. The number of ether oxygens (including phenoxy) is 3. The number of carboxylic acid groups (broad SMARTS) is 2. The maximum atomic E-state index is 11.7. The van der Waals surface area contributed by atoms with Crippen LogP contribution < -0.4 is 44.9 Å². The Balaban J connectivity index is 0. The van der Waals surface area contributed by atoms with Crippen LogP contribution >= 0.6 is 12.6 Å². The fourth-order valence-corrected chi connectivity index (χ4v) is 3.10. The van der Waals surface area contributed by atoms with Gasteiger partial charge in [0.15, 0.2) is 0 Å². The zero-order chi connectivity index (χ0) is 40.2. The number of primary amides is 1. The summed E-state index contributed by atoms with van der Waals surface area (Å²) in [5.74, 6) is -5.83. The van der Waals surface area contributed by atoms with Crippen LogP contribution in [0.4, 0.5) is 0 Å². The number of aliphatic hydroxyl groups excluding tert-OH is 1. The van der Waals surface area contributed by atoms with Crippen LogP contribution in [0.2, 0.25) is 0 Å². The average molecular weight is 750 g/mol. The van der Waals surface area contributed by atoms with E-state index in [-0.39, 0.29) is 30.9 Å². The van der Waals surface area contributed by atoms with Crippen molar-refractivity contribution in [3.63, 3.8) is 0 Å². The molecular formula is C30H51N7O13S. The summed E-state index contributed by atoms with van der Waals surface area (Å²) in [5, 5.41) is 26.1. The van der Waals surface area contributed by atoms with Crippen molar-refractivity contribution >= 4 is 54.4 Å². The topological polar surface area (TPSA) is 390 Å². The van der Waals surface area contributed by atoms with Crippen molar-refractivity contribution in [2.24, 2.45) is 46.1 Å². The minimum atomic E-state index is -1.38. The molecule has 290 valence electrons. The van der Waals surface area contributed by atoms with E-state index in [0.29, 0.717) is 5.75 Å². The van der Waals surface area contributed by atoms with Crippen molar-refractivity contribution in [3.8, 4) is 5.75 Å². The molecule has 51 heavy (non-hydrogen) atoms. The van der Waals surface area contributed by atoms with Crippen LogP contribution in [-0.4, -0.2) is 111 Å². The predicted octanol–water partition coefficient (Wildman–Crippen LogP) is -3.53. The molecule has 0 saturated carbocycles. The maximum Gasteiger partial charge on any atom is 0.334 e. The van der Waals surface area contributed by atoms with Gasteiger partial charge in [0.2, 0.25) is 5.91 Å². The van der Waals surface area contributed by atoms with E-state index in [0.717, 1.165) is 5.56 Å². The number of esters is 4. The monoisotopic (exact) mass is 749 g/mol. The lowest BCUT2D eigenvalue weighted by Gasteiger charge is -2.22. The summed E-state index contributed by atoms with van der Waals surface area (Å²) in [7, 11) is 0. The number of aliphatic hydroxyl groups is 1. The molecule has 0 saturated heterocycles. The van der Waals surface area contributed by atoms with Gasteiger partial charge in [-0.2, -0.15) is 12.6 Å². The smallest absolute Gasteiger partial charge is 0.334 e. The van der Waals surface area contributed by atoms with Crippen molar-refractivity contribution in [1.29, 1.82) is 0 Å². The second-order valence-electron chi connectivity index (χ2n) is 11.4. The molecule has 21 heteroatoms. The first kappa shape index (κ1) is 48.9. The molecule has 0 unspecified atom stereocenters. The van der Waals surface area contributed by atoms with Gasteiger partial charge >= 0.3 is 35.8 Å². The third kappa shape index (κ3) is 20.9. The van der Waals surface area contributed by atoms with Gasteiger partial charge in [-0.05, 0) is 50.3 Å². The lowest BCUT2D eigenvalue weighted by Crippen LogP contribution is -2.49. The molecule has 0 radical (unpaired) electrons. The largest absolute Gasteiger partial charge is 0.480 e. The van der Waals surface area contributed by atoms with E-state index in [1.54, 1.807) is 38.1 Å². The van der Waals surface area contributed by atoms with E-state index in [1.165, 1.54) is 13.8 Å². The van der Waals surface area contributed by atoms with Crippen molar-refractivity contribution < 1.29 is 63.1 Å². The first-order chi connectivity index (χ1) is 23.5. The number of hydrogen-bond acceptors (Lipinski definition) is 18. The molecule has 1 aromatic carbocycles. The van der Waals surface area contributed by atoms with Crippen molar-refractivity contribution in [2.45, 2.75) is 95.4 Å². The summed E-state index contributed by atoms with van der Waals surface area (Å²) in [6.45, 7) is 6.04. The zero-order valence-corrected chi connectivity index (χ0v) is 29.6. The number of carbonyl (C=O) groups is 7. The van der Waals surface area contributed by atoms with Gasteiger partial charge in [-0.1, -0.05) is 26.0 Å². The van der Waals surface area contributed by atoms with Gasteiger partial charge in [0, 0.05) is 12.2 Å². The highest BCUT2D eigenvalue weighted by Gasteiger charge is 2.32. The van der Waals surface area contributed by atoms with E-state index < -0.39 is 90.2 Å². The molecule has 0 spiro atoms. The lowest BCUT2D eigenvalue weighted by molar-refractivity contribution is -0.166. The highest BCUT2D eigenvalue weighted by molar-refractivity contribution is 7.80. The molecule has 0 aliphatic heterocycles. The number of thiol groups is 1. The SMILES string of the molecule is CC(C)[C@H](N)C(=O)OC(=O)[C@@H](N)[C@@H](C)OC(=O)[C@@H](N)[C@@H](C)O.NC(=O)CC[C@H](N)C(=O)O.N[C@@H](Cc1ccc(OC(=O)[C@@H](N)CS)cc1)C(=O)O. The quantitative estimate of drug-likeness (QED) is 0.0318. The van der Waals surface area contributed by atoms with E-state index in [2.05, 4.69) is 17.4 Å². The van der Waals surface area contributed by atoms with Crippen LogP contribution in [0.1, 0.15) is 46.1 Å². The second-order valence-corrected chi connectivity index (χ2v) is 11.8.